The quantitative estimate of drug-likeness (QED) is 0.515. The largest absolute Gasteiger partial charge is 0.434 e. The van der Waals surface area contributed by atoms with Crippen LogP contribution in [0, 0.1) is 11.3 Å². The molecule has 0 spiro atoms. The molecule has 1 atom stereocenters. The van der Waals surface area contributed by atoms with Crippen molar-refractivity contribution in [2.24, 2.45) is 0 Å². The van der Waals surface area contributed by atoms with Crippen molar-refractivity contribution in [1.29, 1.82) is 5.26 Å². The lowest BCUT2D eigenvalue weighted by Gasteiger charge is -2.37. The van der Waals surface area contributed by atoms with Crippen LogP contribution in [-0.4, -0.2) is 70.8 Å². The van der Waals surface area contributed by atoms with E-state index in [1.807, 2.05) is 12.1 Å². The van der Waals surface area contributed by atoms with Crippen LogP contribution in [0.4, 0.5) is 16.3 Å². The van der Waals surface area contributed by atoms with Crippen LogP contribution in [-0.2, 0) is 28.5 Å². The highest BCUT2D eigenvalue weighted by Gasteiger charge is 2.29. The zero-order chi connectivity index (χ0) is 24.4. The van der Waals surface area contributed by atoms with Gasteiger partial charge in [-0.1, -0.05) is 36.4 Å². The molecule has 1 amide bonds. The Morgan fingerprint density at radius 3 is 2.60 bits per heavy atom. The van der Waals surface area contributed by atoms with Gasteiger partial charge in [0.25, 0.3) is 0 Å². The lowest BCUT2D eigenvalue weighted by Crippen LogP contribution is -2.49. The maximum atomic E-state index is 12.4. The predicted octanol–water partition coefficient (Wildman–Crippen LogP) is 2.71. The Morgan fingerprint density at radius 2 is 1.83 bits per heavy atom. The number of anilines is 2. The van der Waals surface area contributed by atoms with E-state index in [0.29, 0.717) is 37.9 Å². The lowest BCUT2D eigenvalue weighted by molar-refractivity contribution is 0.111. The number of nitriles is 1. The zero-order valence-electron chi connectivity index (χ0n) is 19.5. The van der Waals surface area contributed by atoms with Crippen molar-refractivity contribution in [3.05, 3.63) is 53.7 Å². The third kappa shape index (κ3) is 4.64. The van der Waals surface area contributed by atoms with Crippen LogP contribution in [0.2, 0.25) is 0 Å². The summed E-state index contributed by atoms with van der Waals surface area (Å²) in [6.07, 6.45) is 1.89. The molecule has 2 aliphatic rings. The third-order valence-electron chi connectivity index (χ3n) is 6.48. The monoisotopic (exact) mass is 490 g/mol. The van der Waals surface area contributed by atoms with Crippen molar-refractivity contribution in [3.63, 3.8) is 0 Å². The van der Waals surface area contributed by atoms with Gasteiger partial charge in [-0.3, -0.25) is 4.21 Å². The maximum absolute atomic E-state index is 12.4. The Bertz CT molecular complexity index is 1330. The first-order valence-electron chi connectivity index (χ1n) is 11.5. The van der Waals surface area contributed by atoms with E-state index in [1.54, 1.807) is 11.2 Å². The number of ether oxygens (including phenoxy) is 1. The fraction of sp³-hybridized carbons (Fsp3) is 0.360. The summed E-state index contributed by atoms with van der Waals surface area (Å²) in [4.78, 5) is 27.6. The molecule has 2 aliphatic heterocycles. The molecule has 1 saturated heterocycles. The predicted molar refractivity (Wildman–Crippen MR) is 134 cm³/mol. The normalized spacial score (nSPS) is 16.5. The summed E-state index contributed by atoms with van der Waals surface area (Å²) in [5.41, 5.74) is 3.14. The molecule has 0 saturated carbocycles. The van der Waals surface area contributed by atoms with Crippen LogP contribution in [0.3, 0.4) is 0 Å². The van der Waals surface area contributed by atoms with E-state index >= 15 is 0 Å². The van der Waals surface area contributed by atoms with Crippen LogP contribution < -0.4 is 9.80 Å². The van der Waals surface area contributed by atoms with Gasteiger partial charge in [-0.25, -0.2) is 14.8 Å². The van der Waals surface area contributed by atoms with Gasteiger partial charge < -0.3 is 19.4 Å². The SMILES string of the molecule is CS(=O)c1nc2c(c(N3CCN(C(=O)OCC#N)CC3)n1)CCN(c1cccc3ccccc13)C2. The molecule has 0 bridgehead atoms. The molecule has 3 heterocycles. The van der Waals surface area contributed by atoms with Gasteiger partial charge in [0.1, 0.15) is 11.9 Å². The fourth-order valence-electron chi connectivity index (χ4n) is 4.75. The van der Waals surface area contributed by atoms with E-state index in [0.717, 1.165) is 35.7 Å². The second kappa shape index (κ2) is 9.88. The summed E-state index contributed by atoms with van der Waals surface area (Å²) in [7, 11) is -1.32. The molecule has 1 unspecified atom stereocenters. The van der Waals surface area contributed by atoms with Crippen LogP contribution in [0.25, 0.3) is 10.8 Å². The first-order valence-corrected chi connectivity index (χ1v) is 13.1. The molecule has 0 radical (unpaired) electrons. The summed E-state index contributed by atoms with van der Waals surface area (Å²) in [6.45, 7) is 3.28. The number of amides is 1. The molecular weight excluding hydrogens is 464 g/mol. The molecule has 5 rings (SSSR count). The highest BCUT2D eigenvalue weighted by molar-refractivity contribution is 7.84. The number of fused-ring (bicyclic) bond motifs is 2. The number of benzene rings is 2. The van der Waals surface area contributed by atoms with Crippen molar-refractivity contribution in [1.82, 2.24) is 14.9 Å². The minimum Gasteiger partial charge on any atom is -0.434 e. The highest BCUT2D eigenvalue weighted by atomic mass is 32.2. The number of aromatic nitrogens is 2. The minimum absolute atomic E-state index is 0.253. The Labute approximate surface area is 206 Å². The van der Waals surface area contributed by atoms with E-state index in [-0.39, 0.29) is 6.61 Å². The molecule has 9 nitrogen and oxygen atoms in total. The van der Waals surface area contributed by atoms with Crippen LogP contribution in [0.1, 0.15) is 11.3 Å². The van der Waals surface area contributed by atoms with E-state index in [9.17, 15) is 9.00 Å². The Morgan fingerprint density at radius 1 is 1.06 bits per heavy atom. The van der Waals surface area contributed by atoms with Crippen LogP contribution in [0.15, 0.2) is 47.6 Å². The highest BCUT2D eigenvalue weighted by Crippen LogP contribution is 2.33. The zero-order valence-corrected chi connectivity index (χ0v) is 20.3. The summed E-state index contributed by atoms with van der Waals surface area (Å²) < 4.78 is 17.3. The van der Waals surface area contributed by atoms with Crippen LogP contribution in [0.5, 0.6) is 0 Å². The second-order valence-electron chi connectivity index (χ2n) is 8.57. The molecule has 1 fully saturated rings. The first-order chi connectivity index (χ1) is 17.0. The number of carbonyl (C=O) groups is 1. The molecule has 0 N–H and O–H groups in total. The second-order valence-corrected chi connectivity index (χ2v) is 9.84. The van der Waals surface area contributed by atoms with Crippen molar-refractivity contribution in [2.45, 2.75) is 18.1 Å². The molecule has 1 aromatic heterocycles. The number of carbonyl (C=O) groups excluding carboxylic acids is 1. The topological polar surface area (TPSA) is 103 Å². The van der Waals surface area contributed by atoms with E-state index in [2.05, 4.69) is 46.2 Å². The van der Waals surface area contributed by atoms with Crippen molar-refractivity contribution >= 4 is 39.2 Å². The Kier molecular flexibility index (Phi) is 6.51. The smallest absolute Gasteiger partial charge is 0.410 e. The first kappa shape index (κ1) is 23.1. The van der Waals surface area contributed by atoms with E-state index in [4.69, 9.17) is 20.0 Å². The average molecular weight is 491 g/mol. The molecule has 3 aromatic rings. The fourth-order valence-corrected chi connectivity index (χ4v) is 5.21. The maximum Gasteiger partial charge on any atom is 0.410 e. The van der Waals surface area contributed by atoms with Crippen LogP contribution >= 0.6 is 0 Å². The molecule has 180 valence electrons. The number of piperazine rings is 1. The lowest BCUT2D eigenvalue weighted by atomic mass is 10.0. The van der Waals surface area contributed by atoms with Gasteiger partial charge in [0, 0.05) is 55.6 Å². The van der Waals surface area contributed by atoms with Gasteiger partial charge in [-0.05, 0) is 17.9 Å². The summed E-state index contributed by atoms with van der Waals surface area (Å²) in [5, 5.41) is 11.4. The van der Waals surface area contributed by atoms with Gasteiger partial charge >= 0.3 is 6.09 Å². The van der Waals surface area contributed by atoms with Crippen molar-refractivity contribution in [3.8, 4) is 6.07 Å². The summed E-state index contributed by atoms with van der Waals surface area (Å²) in [5.74, 6) is 0.808. The number of hydrogen-bond donors (Lipinski definition) is 0. The molecule has 2 aromatic carbocycles. The van der Waals surface area contributed by atoms with Gasteiger partial charge in [-0.2, -0.15) is 5.26 Å². The van der Waals surface area contributed by atoms with Gasteiger partial charge in [-0.15, -0.1) is 0 Å². The standard InChI is InChI=1S/C25H26N6O3S/c1-35(33)24-27-21-17-31(22-8-4-6-18-5-2-3-7-19(18)22)11-9-20(21)23(28-24)29-12-14-30(15-13-29)25(32)34-16-10-26/h2-8H,9,11-17H2,1H3. The summed E-state index contributed by atoms with van der Waals surface area (Å²) in [6, 6.07) is 16.5. The minimum atomic E-state index is -1.32. The van der Waals surface area contributed by atoms with E-state index in [1.165, 1.54) is 10.8 Å². The molecule has 0 aliphatic carbocycles. The van der Waals surface area contributed by atoms with Gasteiger partial charge in [0.2, 0.25) is 5.16 Å². The molecular formula is C25H26N6O3S. The van der Waals surface area contributed by atoms with Gasteiger partial charge in [0.15, 0.2) is 6.61 Å². The third-order valence-corrected chi connectivity index (χ3v) is 7.18. The van der Waals surface area contributed by atoms with Crippen molar-refractivity contribution < 1.29 is 13.7 Å². The number of hydrogen-bond acceptors (Lipinski definition) is 8. The molecule has 10 heteroatoms. The van der Waals surface area contributed by atoms with E-state index < -0.39 is 16.9 Å². The number of rotatable bonds is 4. The Balaban J connectivity index is 1.42. The average Bonchev–Trinajstić information content (AvgIpc) is 2.90. The van der Waals surface area contributed by atoms with Crippen molar-refractivity contribution in [2.75, 3.05) is 55.4 Å². The Hall–Kier alpha value is -3.71. The summed E-state index contributed by atoms with van der Waals surface area (Å²) >= 11 is 0. The van der Waals surface area contributed by atoms with Gasteiger partial charge in [0.05, 0.1) is 23.0 Å². The number of nitrogens with zero attached hydrogens (tertiary/aromatic N) is 6. The molecule has 35 heavy (non-hydrogen) atoms.